The maximum Gasteiger partial charge on any atom is 0.142 e. The number of H-pyrrole nitrogens is 1. The van der Waals surface area contributed by atoms with E-state index in [0.717, 1.165) is 47.3 Å². The second kappa shape index (κ2) is 5.80. The predicted molar refractivity (Wildman–Crippen MR) is 91.1 cm³/mol. The second-order valence-electron chi connectivity index (χ2n) is 5.68. The number of aromatic nitrogens is 2. The van der Waals surface area contributed by atoms with Crippen LogP contribution in [0, 0.1) is 5.82 Å². The number of allylic oxidation sites excluding steroid dienone is 1. The molecule has 1 aliphatic rings. The van der Waals surface area contributed by atoms with Crippen LogP contribution < -0.4 is 0 Å². The summed E-state index contributed by atoms with van der Waals surface area (Å²) in [5, 5.41) is 1.18. The molecule has 0 fully saturated rings. The van der Waals surface area contributed by atoms with Crippen molar-refractivity contribution in [2.24, 2.45) is 4.99 Å². The summed E-state index contributed by atoms with van der Waals surface area (Å²) < 4.78 is 13.5. The van der Waals surface area contributed by atoms with Crippen LogP contribution in [0.5, 0.6) is 0 Å². The van der Waals surface area contributed by atoms with Gasteiger partial charge >= 0.3 is 0 Å². The van der Waals surface area contributed by atoms with E-state index in [1.807, 2.05) is 18.3 Å². The van der Waals surface area contributed by atoms with Crippen molar-refractivity contribution in [1.29, 1.82) is 0 Å². The summed E-state index contributed by atoms with van der Waals surface area (Å²) in [5.41, 5.74) is 4.98. The fourth-order valence-corrected chi connectivity index (χ4v) is 3.04. The number of aromatic amines is 1. The van der Waals surface area contributed by atoms with E-state index >= 15 is 0 Å². The molecule has 3 aromatic rings. The Morgan fingerprint density at radius 3 is 3.00 bits per heavy atom. The highest BCUT2D eigenvalue weighted by atomic mass is 19.1. The average Bonchev–Trinajstić information content (AvgIpc) is 2.99. The Balaban J connectivity index is 1.80. The number of halogens is 1. The highest BCUT2D eigenvalue weighted by Crippen LogP contribution is 2.25. The molecule has 0 saturated carbocycles. The van der Waals surface area contributed by atoms with E-state index in [9.17, 15) is 4.39 Å². The molecule has 1 aromatic carbocycles. The highest BCUT2D eigenvalue weighted by Gasteiger charge is 2.15. The molecule has 0 aliphatic carbocycles. The van der Waals surface area contributed by atoms with E-state index in [4.69, 9.17) is 0 Å². The summed E-state index contributed by atoms with van der Waals surface area (Å²) in [6.45, 7) is 0.775. The summed E-state index contributed by atoms with van der Waals surface area (Å²) in [4.78, 5) is 11.9. The molecule has 0 radical (unpaired) electrons. The molecule has 114 valence electrons. The molecular formula is C19H16FN3. The Morgan fingerprint density at radius 2 is 2.09 bits per heavy atom. The molecule has 3 heterocycles. The van der Waals surface area contributed by atoms with Crippen LogP contribution in [-0.4, -0.2) is 22.2 Å². The number of nitrogens with zero attached hydrogens (tertiary/aromatic N) is 2. The molecule has 0 amide bonds. The SMILES string of the molecule is Fc1cncc(C2=NCCCC2=Cc2c[nH]c3ccccc23)c1. The van der Waals surface area contributed by atoms with E-state index < -0.39 is 0 Å². The van der Waals surface area contributed by atoms with Gasteiger partial charge in [0, 0.05) is 41.0 Å². The molecule has 4 heteroatoms. The Bertz CT molecular complexity index is 921. The van der Waals surface area contributed by atoms with Gasteiger partial charge in [-0.05, 0) is 36.6 Å². The minimum Gasteiger partial charge on any atom is -0.361 e. The van der Waals surface area contributed by atoms with Crippen LogP contribution in [0.3, 0.4) is 0 Å². The monoisotopic (exact) mass is 305 g/mol. The first-order valence-corrected chi connectivity index (χ1v) is 7.74. The van der Waals surface area contributed by atoms with Crippen LogP contribution in [-0.2, 0) is 0 Å². The molecule has 1 N–H and O–H groups in total. The van der Waals surface area contributed by atoms with Crippen molar-refractivity contribution < 1.29 is 4.39 Å². The molecule has 3 nitrogen and oxygen atoms in total. The number of hydrogen-bond donors (Lipinski definition) is 1. The van der Waals surface area contributed by atoms with Gasteiger partial charge < -0.3 is 4.98 Å². The molecule has 0 spiro atoms. The number of benzene rings is 1. The Morgan fingerprint density at radius 1 is 1.17 bits per heavy atom. The first-order valence-electron chi connectivity index (χ1n) is 7.74. The van der Waals surface area contributed by atoms with E-state index in [-0.39, 0.29) is 5.82 Å². The normalized spacial score (nSPS) is 16.7. The third kappa shape index (κ3) is 2.68. The van der Waals surface area contributed by atoms with Gasteiger partial charge in [-0.2, -0.15) is 0 Å². The molecule has 1 aliphatic heterocycles. The average molecular weight is 305 g/mol. The van der Waals surface area contributed by atoms with Crippen LogP contribution >= 0.6 is 0 Å². The van der Waals surface area contributed by atoms with Crippen LogP contribution in [0.2, 0.25) is 0 Å². The van der Waals surface area contributed by atoms with Gasteiger partial charge in [0.25, 0.3) is 0 Å². The Kier molecular flexibility index (Phi) is 3.50. The van der Waals surface area contributed by atoms with E-state index in [0.29, 0.717) is 0 Å². The summed E-state index contributed by atoms with van der Waals surface area (Å²) in [5.74, 6) is -0.331. The van der Waals surface area contributed by atoms with Gasteiger partial charge in [-0.1, -0.05) is 18.2 Å². The van der Waals surface area contributed by atoms with E-state index in [1.165, 1.54) is 17.6 Å². The van der Waals surface area contributed by atoms with Crippen molar-refractivity contribution in [3.63, 3.8) is 0 Å². The first kappa shape index (κ1) is 13.9. The lowest BCUT2D eigenvalue weighted by atomic mass is 9.95. The van der Waals surface area contributed by atoms with Crippen LogP contribution in [0.25, 0.3) is 17.0 Å². The quantitative estimate of drug-likeness (QED) is 0.750. The number of hydrogen-bond acceptors (Lipinski definition) is 2. The predicted octanol–water partition coefficient (Wildman–Crippen LogP) is 4.37. The van der Waals surface area contributed by atoms with Gasteiger partial charge in [-0.3, -0.25) is 9.98 Å². The number of fused-ring (bicyclic) bond motifs is 1. The fraction of sp³-hybridized carbons (Fsp3) is 0.158. The van der Waals surface area contributed by atoms with Crippen molar-refractivity contribution in [2.45, 2.75) is 12.8 Å². The molecule has 23 heavy (non-hydrogen) atoms. The number of para-hydroxylation sites is 1. The minimum absolute atomic E-state index is 0.331. The maximum atomic E-state index is 13.5. The number of pyridine rings is 1. The van der Waals surface area contributed by atoms with Gasteiger partial charge in [-0.15, -0.1) is 0 Å². The lowest BCUT2D eigenvalue weighted by Crippen LogP contribution is -2.12. The smallest absolute Gasteiger partial charge is 0.142 e. The molecule has 4 rings (SSSR count). The van der Waals surface area contributed by atoms with Gasteiger partial charge in [0.05, 0.1) is 11.9 Å². The fourth-order valence-electron chi connectivity index (χ4n) is 3.04. The van der Waals surface area contributed by atoms with Gasteiger partial charge in [0.1, 0.15) is 5.82 Å². The van der Waals surface area contributed by atoms with Crippen molar-refractivity contribution in [1.82, 2.24) is 9.97 Å². The number of nitrogens with one attached hydrogen (secondary N) is 1. The Hall–Kier alpha value is -2.75. The summed E-state index contributed by atoms with van der Waals surface area (Å²) in [6.07, 6.45) is 9.01. The van der Waals surface area contributed by atoms with Crippen LogP contribution in [0.1, 0.15) is 24.0 Å². The molecule has 0 saturated heterocycles. The second-order valence-corrected chi connectivity index (χ2v) is 5.68. The van der Waals surface area contributed by atoms with Crippen molar-refractivity contribution in [3.05, 3.63) is 71.4 Å². The maximum absolute atomic E-state index is 13.5. The summed E-state index contributed by atoms with van der Waals surface area (Å²) >= 11 is 0. The highest BCUT2D eigenvalue weighted by molar-refractivity contribution is 6.15. The minimum atomic E-state index is -0.331. The largest absolute Gasteiger partial charge is 0.361 e. The molecule has 2 aromatic heterocycles. The number of aliphatic imine (C=N–C) groups is 1. The van der Waals surface area contributed by atoms with E-state index in [1.54, 1.807) is 6.20 Å². The van der Waals surface area contributed by atoms with Crippen LogP contribution in [0.15, 0.2) is 59.5 Å². The molecule has 0 unspecified atom stereocenters. The van der Waals surface area contributed by atoms with Gasteiger partial charge in [0.2, 0.25) is 0 Å². The topological polar surface area (TPSA) is 41.0 Å². The van der Waals surface area contributed by atoms with Gasteiger partial charge in [-0.25, -0.2) is 4.39 Å². The zero-order valence-corrected chi connectivity index (χ0v) is 12.6. The summed E-state index contributed by atoms with van der Waals surface area (Å²) in [7, 11) is 0. The van der Waals surface area contributed by atoms with Gasteiger partial charge in [0.15, 0.2) is 0 Å². The third-order valence-electron chi connectivity index (χ3n) is 4.11. The number of rotatable bonds is 2. The van der Waals surface area contributed by atoms with Crippen LogP contribution in [0.4, 0.5) is 4.39 Å². The third-order valence-corrected chi connectivity index (χ3v) is 4.11. The van der Waals surface area contributed by atoms with Crippen molar-refractivity contribution in [2.75, 3.05) is 6.54 Å². The zero-order chi connectivity index (χ0) is 15.6. The van der Waals surface area contributed by atoms with E-state index in [2.05, 4.69) is 33.2 Å². The lowest BCUT2D eigenvalue weighted by Gasteiger charge is -2.16. The Labute approximate surface area is 133 Å². The summed E-state index contributed by atoms with van der Waals surface area (Å²) in [6, 6.07) is 9.71. The van der Waals surface area contributed by atoms with Crippen molar-refractivity contribution >= 4 is 22.7 Å². The lowest BCUT2D eigenvalue weighted by molar-refractivity contribution is 0.621. The molecule has 0 atom stereocenters. The standard InChI is InChI=1S/C19H16FN3/c20-16-9-15(10-21-12-16)19-13(4-3-7-22-19)8-14-11-23-18-6-2-1-5-17(14)18/h1-2,5-6,8-12,23H,3-4,7H2. The molecule has 0 bridgehead atoms. The van der Waals surface area contributed by atoms with Crippen molar-refractivity contribution in [3.8, 4) is 0 Å². The zero-order valence-electron chi connectivity index (χ0n) is 12.6. The first-order chi connectivity index (χ1) is 11.3. The molecular weight excluding hydrogens is 289 g/mol.